The van der Waals surface area contributed by atoms with Crippen LogP contribution in [-0.2, 0) is 4.79 Å². The van der Waals surface area contributed by atoms with Crippen molar-refractivity contribution in [3.8, 4) is 11.8 Å². The molecule has 2 heterocycles. The topological polar surface area (TPSA) is 75.4 Å². The Bertz CT molecular complexity index is 570. The zero-order valence-corrected chi connectivity index (χ0v) is 12.1. The predicted molar refractivity (Wildman–Crippen MR) is 78.4 cm³/mol. The van der Waals surface area contributed by atoms with Crippen LogP contribution >= 0.6 is 11.3 Å². The van der Waals surface area contributed by atoms with Crippen LogP contribution in [0.1, 0.15) is 28.1 Å². The first-order chi connectivity index (χ1) is 9.69. The van der Waals surface area contributed by atoms with E-state index in [0.29, 0.717) is 23.4 Å². The summed E-state index contributed by atoms with van der Waals surface area (Å²) in [7, 11) is 1.59. The number of nitrogens with one attached hydrogen (secondary N) is 1. The molecule has 2 rings (SSSR count). The van der Waals surface area contributed by atoms with Crippen molar-refractivity contribution in [2.24, 2.45) is 5.73 Å². The number of nitrogens with two attached hydrogens (primary N) is 1. The number of amides is 2. The molecule has 0 saturated carbocycles. The molecule has 1 fully saturated rings. The third-order valence-corrected chi connectivity index (χ3v) is 4.15. The van der Waals surface area contributed by atoms with Gasteiger partial charge in [-0.2, -0.15) is 0 Å². The summed E-state index contributed by atoms with van der Waals surface area (Å²) in [5.74, 6) is 5.43. The van der Waals surface area contributed by atoms with Gasteiger partial charge in [0.2, 0.25) is 5.91 Å². The summed E-state index contributed by atoms with van der Waals surface area (Å²) in [6, 6.07) is 1.44. The van der Waals surface area contributed by atoms with Crippen molar-refractivity contribution in [1.29, 1.82) is 0 Å². The van der Waals surface area contributed by atoms with Crippen molar-refractivity contribution in [1.82, 2.24) is 10.2 Å². The maximum absolute atomic E-state index is 12.6. The Labute approximate surface area is 122 Å². The van der Waals surface area contributed by atoms with Crippen LogP contribution in [0.2, 0.25) is 0 Å². The zero-order chi connectivity index (χ0) is 14.5. The molecule has 1 aliphatic rings. The van der Waals surface area contributed by atoms with Gasteiger partial charge in [-0.3, -0.25) is 9.59 Å². The largest absolute Gasteiger partial charge is 0.357 e. The van der Waals surface area contributed by atoms with Crippen molar-refractivity contribution in [2.45, 2.75) is 18.9 Å². The Morgan fingerprint density at radius 2 is 2.40 bits per heavy atom. The molecule has 1 aliphatic heterocycles. The van der Waals surface area contributed by atoms with Crippen LogP contribution in [-0.4, -0.2) is 42.9 Å². The highest BCUT2D eigenvalue weighted by atomic mass is 32.1. The Morgan fingerprint density at radius 3 is 3.10 bits per heavy atom. The van der Waals surface area contributed by atoms with Crippen molar-refractivity contribution >= 4 is 23.2 Å². The van der Waals surface area contributed by atoms with Gasteiger partial charge in [-0.1, -0.05) is 11.8 Å². The first-order valence-corrected chi connectivity index (χ1v) is 7.36. The van der Waals surface area contributed by atoms with E-state index < -0.39 is 0 Å². The molecule has 20 heavy (non-hydrogen) atoms. The summed E-state index contributed by atoms with van der Waals surface area (Å²) in [5.41, 5.74) is 6.04. The highest BCUT2D eigenvalue weighted by Crippen LogP contribution is 2.24. The minimum absolute atomic E-state index is 0.109. The van der Waals surface area contributed by atoms with E-state index in [2.05, 4.69) is 17.2 Å². The van der Waals surface area contributed by atoms with Crippen LogP contribution in [0.5, 0.6) is 0 Å². The smallest absolute Gasteiger partial charge is 0.265 e. The fourth-order valence-electron chi connectivity index (χ4n) is 2.30. The molecule has 0 aromatic carbocycles. The lowest BCUT2D eigenvalue weighted by Crippen LogP contribution is -2.44. The van der Waals surface area contributed by atoms with Gasteiger partial charge in [0.1, 0.15) is 10.9 Å². The molecule has 2 amide bonds. The van der Waals surface area contributed by atoms with E-state index in [9.17, 15) is 9.59 Å². The van der Waals surface area contributed by atoms with Crippen LogP contribution < -0.4 is 11.1 Å². The van der Waals surface area contributed by atoms with Crippen molar-refractivity contribution in [3.05, 3.63) is 21.9 Å². The van der Waals surface area contributed by atoms with Gasteiger partial charge in [-0.15, -0.1) is 11.3 Å². The second-order valence-corrected chi connectivity index (χ2v) is 5.36. The average Bonchev–Trinajstić information content (AvgIpc) is 3.12. The molecular weight excluding hydrogens is 274 g/mol. The molecule has 1 aromatic heterocycles. The highest BCUT2D eigenvalue weighted by Gasteiger charge is 2.35. The molecule has 3 N–H and O–H groups in total. The van der Waals surface area contributed by atoms with Gasteiger partial charge in [-0.25, -0.2) is 0 Å². The third-order valence-electron chi connectivity index (χ3n) is 3.25. The lowest BCUT2D eigenvalue weighted by atomic mass is 10.2. The summed E-state index contributed by atoms with van der Waals surface area (Å²) < 4.78 is 0. The predicted octanol–water partition coefficient (Wildman–Crippen LogP) is 0.409. The fourth-order valence-corrected chi connectivity index (χ4v) is 3.10. The van der Waals surface area contributed by atoms with E-state index in [0.717, 1.165) is 6.42 Å². The number of likely N-dealkylation sites (N-methyl/N-ethyl adjacent to an activating group) is 1. The molecule has 0 aliphatic carbocycles. The molecule has 1 unspecified atom stereocenters. The molecule has 5 nitrogen and oxygen atoms in total. The average molecular weight is 291 g/mol. The fraction of sp³-hybridized carbons (Fsp3) is 0.429. The van der Waals surface area contributed by atoms with Gasteiger partial charge < -0.3 is 16.0 Å². The van der Waals surface area contributed by atoms with Gasteiger partial charge in [-0.05, 0) is 24.3 Å². The maximum Gasteiger partial charge on any atom is 0.265 e. The first-order valence-electron chi connectivity index (χ1n) is 6.48. The van der Waals surface area contributed by atoms with E-state index in [4.69, 9.17) is 5.73 Å². The second kappa shape index (κ2) is 6.55. The molecular formula is C14H17N3O2S. The Hall–Kier alpha value is -1.84. The van der Waals surface area contributed by atoms with Crippen molar-refractivity contribution in [3.63, 3.8) is 0 Å². The lowest BCUT2D eigenvalue weighted by Gasteiger charge is -2.22. The number of carbonyl (C=O) groups excluding carboxylic acids is 2. The SMILES string of the molecule is CNC(=O)C1CCCN1C(=O)c1sccc1C#CCN. The van der Waals surface area contributed by atoms with Crippen LogP contribution in [0.25, 0.3) is 0 Å². The van der Waals surface area contributed by atoms with Gasteiger partial charge in [0, 0.05) is 19.2 Å². The number of nitrogens with zero attached hydrogens (tertiary/aromatic N) is 1. The lowest BCUT2D eigenvalue weighted by molar-refractivity contribution is -0.124. The van der Waals surface area contributed by atoms with Crippen molar-refractivity contribution < 1.29 is 9.59 Å². The number of rotatable bonds is 2. The summed E-state index contributed by atoms with van der Waals surface area (Å²) in [4.78, 5) is 26.6. The van der Waals surface area contributed by atoms with Crippen molar-refractivity contribution in [2.75, 3.05) is 20.1 Å². The molecule has 1 saturated heterocycles. The van der Waals surface area contributed by atoms with Gasteiger partial charge >= 0.3 is 0 Å². The normalized spacial score (nSPS) is 17.5. The number of thiophene rings is 1. The van der Waals surface area contributed by atoms with Gasteiger partial charge in [0.05, 0.1) is 6.54 Å². The van der Waals surface area contributed by atoms with E-state index in [1.165, 1.54) is 11.3 Å². The van der Waals surface area contributed by atoms with Gasteiger partial charge in [0.15, 0.2) is 0 Å². The Morgan fingerprint density at radius 1 is 1.60 bits per heavy atom. The van der Waals surface area contributed by atoms with E-state index in [-0.39, 0.29) is 24.4 Å². The van der Waals surface area contributed by atoms with E-state index in [1.807, 2.05) is 11.4 Å². The summed E-state index contributed by atoms with van der Waals surface area (Å²) >= 11 is 1.35. The first kappa shape index (κ1) is 14.6. The Balaban J connectivity index is 2.23. The quantitative estimate of drug-likeness (QED) is 0.775. The zero-order valence-electron chi connectivity index (χ0n) is 11.3. The van der Waals surface area contributed by atoms with Crippen LogP contribution in [0.3, 0.4) is 0 Å². The second-order valence-electron chi connectivity index (χ2n) is 4.44. The Kier molecular flexibility index (Phi) is 4.77. The van der Waals surface area contributed by atoms with E-state index >= 15 is 0 Å². The molecule has 1 aromatic rings. The molecule has 0 radical (unpaired) electrons. The van der Waals surface area contributed by atoms with Crippen LogP contribution in [0, 0.1) is 11.8 Å². The molecule has 106 valence electrons. The molecule has 1 atom stereocenters. The standard InChI is InChI=1S/C14H17N3O2S/c1-16-13(18)11-5-3-8-17(11)14(19)12-10(4-2-7-15)6-9-20-12/h6,9,11H,3,5,7-8,15H2,1H3,(H,16,18). The molecule has 6 heteroatoms. The van der Waals surface area contributed by atoms with Gasteiger partial charge in [0.25, 0.3) is 5.91 Å². The van der Waals surface area contributed by atoms with Crippen LogP contribution in [0.15, 0.2) is 11.4 Å². The summed E-state index contributed by atoms with van der Waals surface area (Å²) in [5, 5.41) is 4.44. The number of hydrogen-bond acceptors (Lipinski definition) is 4. The number of likely N-dealkylation sites (tertiary alicyclic amines) is 1. The minimum Gasteiger partial charge on any atom is -0.357 e. The monoisotopic (exact) mass is 291 g/mol. The number of carbonyl (C=O) groups is 2. The summed E-state index contributed by atoms with van der Waals surface area (Å²) in [6.07, 6.45) is 1.56. The van der Waals surface area contributed by atoms with Crippen LogP contribution in [0.4, 0.5) is 0 Å². The maximum atomic E-state index is 12.6. The minimum atomic E-state index is -0.370. The molecule has 0 bridgehead atoms. The summed E-state index contributed by atoms with van der Waals surface area (Å²) in [6.45, 7) is 0.868. The third kappa shape index (κ3) is 2.84. The highest BCUT2D eigenvalue weighted by molar-refractivity contribution is 7.12. The van der Waals surface area contributed by atoms with E-state index in [1.54, 1.807) is 11.9 Å². The molecule has 0 spiro atoms. The number of hydrogen-bond donors (Lipinski definition) is 2.